The number of amides is 2. The van der Waals surface area contributed by atoms with Crippen LogP contribution in [0.2, 0.25) is 0 Å². The van der Waals surface area contributed by atoms with Gasteiger partial charge in [-0.25, -0.2) is 4.79 Å². The van der Waals surface area contributed by atoms with E-state index < -0.39 is 0 Å². The van der Waals surface area contributed by atoms with Crippen molar-refractivity contribution in [2.24, 2.45) is 0 Å². The summed E-state index contributed by atoms with van der Waals surface area (Å²) in [6, 6.07) is -0.511. The van der Waals surface area contributed by atoms with Crippen LogP contribution in [0.15, 0.2) is 16.9 Å². The maximum Gasteiger partial charge on any atom is 0.318 e. The van der Waals surface area contributed by atoms with Crippen molar-refractivity contribution < 1.29 is 9.32 Å². The smallest absolute Gasteiger partial charge is 0.318 e. The highest BCUT2D eigenvalue weighted by Crippen LogP contribution is 2.15. The summed E-state index contributed by atoms with van der Waals surface area (Å²) in [5.74, 6) is 1.25. The van der Waals surface area contributed by atoms with E-state index in [9.17, 15) is 4.79 Å². The largest absolute Gasteiger partial charge is 0.337 e. The van der Waals surface area contributed by atoms with E-state index >= 15 is 0 Å². The van der Waals surface area contributed by atoms with E-state index in [4.69, 9.17) is 4.52 Å². The Labute approximate surface area is 142 Å². The van der Waals surface area contributed by atoms with Crippen LogP contribution in [0.3, 0.4) is 0 Å². The van der Waals surface area contributed by atoms with E-state index in [1.54, 1.807) is 11.1 Å². The Morgan fingerprint density at radius 3 is 2.67 bits per heavy atom. The molecule has 2 aromatic rings. The van der Waals surface area contributed by atoms with Crippen LogP contribution in [0.1, 0.15) is 63.9 Å². The number of carbonyl (C=O) groups is 1. The Bertz CT molecular complexity index is 663. The molecule has 8 nitrogen and oxygen atoms in total. The fourth-order valence-corrected chi connectivity index (χ4v) is 2.20. The molecule has 0 aliphatic rings. The summed E-state index contributed by atoms with van der Waals surface area (Å²) in [6.07, 6.45) is 3.74. The van der Waals surface area contributed by atoms with Gasteiger partial charge in [0.2, 0.25) is 5.89 Å². The number of aryl methyl sites for hydroxylation is 1. The second-order valence-electron chi connectivity index (χ2n) is 6.04. The van der Waals surface area contributed by atoms with Gasteiger partial charge in [-0.1, -0.05) is 19.0 Å². The number of urea groups is 1. The van der Waals surface area contributed by atoms with Gasteiger partial charge in [-0.2, -0.15) is 10.1 Å². The van der Waals surface area contributed by atoms with Gasteiger partial charge in [-0.15, -0.1) is 0 Å². The van der Waals surface area contributed by atoms with Crippen LogP contribution in [-0.4, -0.2) is 37.4 Å². The third-order valence-electron chi connectivity index (χ3n) is 3.74. The summed E-state index contributed by atoms with van der Waals surface area (Å²) in [4.78, 5) is 18.5. The van der Waals surface area contributed by atoms with E-state index in [-0.39, 0.29) is 18.0 Å². The average molecular weight is 334 g/mol. The molecule has 0 saturated carbocycles. The monoisotopic (exact) mass is 334 g/mol. The van der Waals surface area contributed by atoms with Crippen LogP contribution in [0.5, 0.6) is 0 Å². The number of carbonyl (C=O) groups excluding carboxylic acids is 1. The normalized spacial score (nSPS) is 12.4. The van der Waals surface area contributed by atoms with Gasteiger partial charge in [0.15, 0.2) is 5.82 Å². The highest BCUT2D eigenvalue weighted by molar-refractivity contribution is 5.74. The van der Waals surface area contributed by atoms with E-state index in [2.05, 4.69) is 20.6 Å². The summed E-state index contributed by atoms with van der Waals surface area (Å²) < 4.78 is 7.07. The van der Waals surface area contributed by atoms with Crippen molar-refractivity contribution in [3.63, 3.8) is 0 Å². The van der Waals surface area contributed by atoms with Gasteiger partial charge in [0.25, 0.3) is 0 Å². The topological polar surface area (TPSA) is 89.1 Å². The lowest BCUT2D eigenvalue weighted by Crippen LogP contribution is -2.40. The number of aromatic nitrogens is 4. The van der Waals surface area contributed by atoms with Crippen LogP contribution in [0.25, 0.3) is 0 Å². The minimum absolute atomic E-state index is 0.168. The number of hydrogen-bond donors (Lipinski definition) is 1. The lowest BCUT2D eigenvalue weighted by Gasteiger charge is -2.22. The van der Waals surface area contributed by atoms with Crippen molar-refractivity contribution in [3.8, 4) is 0 Å². The molecular weight excluding hydrogens is 308 g/mol. The fourth-order valence-electron chi connectivity index (χ4n) is 2.20. The first-order valence-electron chi connectivity index (χ1n) is 8.34. The van der Waals surface area contributed by atoms with Gasteiger partial charge in [-0.05, 0) is 20.8 Å². The first kappa shape index (κ1) is 18.0. The molecule has 2 rings (SSSR count). The quantitative estimate of drug-likeness (QED) is 0.841. The van der Waals surface area contributed by atoms with Crippen molar-refractivity contribution in [3.05, 3.63) is 29.7 Å². The third kappa shape index (κ3) is 4.33. The Morgan fingerprint density at radius 1 is 1.38 bits per heavy atom. The zero-order chi connectivity index (χ0) is 17.7. The highest BCUT2D eigenvalue weighted by atomic mass is 16.5. The first-order chi connectivity index (χ1) is 11.4. The molecule has 1 atom stereocenters. The average Bonchev–Trinajstić information content (AvgIpc) is 3.21. The van der Waals surface area contributed by atoms with Gasteiger partial charge in [-0.3, -0.25) is 4.68 Å². The van der Waals surface area contributed by atoms with Crippen LogP contribution in [0, 0.1) is 0 Å². The molecule has 0 radical (unpaired) electrons. The molecular formula is C16H26N6O2. The van der Waals surface area contributed by atoms with E-state index in [1.165, 1.54) is 0 Å². The minimum Gasteiger partial charge on any atom is -0.337 e. The van der Waals surface area contributed by atoms with Crippen molar-refractivity contribution in [1.82, 2.24) is 30.1 Å². The van der Waals surface area contributed by atoms with E-state index in [0.717, 1.165) is 12.1 Å². The molecule has 0 aliphatic heterocycles. The number of rotatable bonds is 7. The molecule has 24 heavy (non-hydrogen) atoms. The standard InChI is InChI=1S/C16H26N6O2/c1-6-21(9-13-8-17-22(7-2)10-13)16(23)18-12(5)15-19-14(11(3)4)20-24-15/h8,10-12H,6-7,9H2,1-5H3,(H,18,23)/t12-/m0/s1. The van der Waals surface area contributed by atoms with Crippen LogP contribution < -0.4 is 5.32 Å². The Morgan fingerprint density at radius 2 is 2.12 bits per heavy atom. The molecule has 0 aromatic carbocycles. The molecule has 0 unspecified atom stereocenters. The molecule has 2 heterocycles. The third-order valence-corrected chi connectivity index (χ3v) is 3.74. The minimum atomic E-state index is -0.343. The maximum atomic E-state index is 12.5. The fraction of sp³-hybridized carbons (Fsp3) is 0.625. The molecule has 0 spiro atoms. The predicted octanol–water partition coefficient (Wildman–Crippen LogP) is 2.70. The lowest BCUT2D eigenvalue weighted by atomic mass is 10.2. The summed E-state index contributed by atoms with van der Waals surface area (Å²) in [5, 5.41) is 11.1. The summed E-state index contributed by atoms with van der Waals surface area (Å²) in [6.45, 7) is 11.7. The van der Waals surface area contributed by atoms with Gasteiger partial charge < -0.3 is 14.7 Å². The van der Waals surface area contributed by atoms with Gasteiger partial charge in [0, 0.05) is 30.8 Å². The molecule has 0 aliphatic carbocycles. The van der Waals surface area contributed by atoms with Crippen molar-refractivity contribution in [2.45, 2.75) is 59.7 Å². The number of nitrogens with one attached hydrogen (secondary N) is 1. The van der Waals surface area contributed by atoms with E-state index in [0.29, 0.717) is 24.8 Å². The lowest BCUT2D eigenvalue weighted by molar-refractivity contribution is 0.191. The van der Waals surface area contributed by atoms with Crippen molar-refractivity contribution in [2.75, 3.05) is 6.54 Å². The van der Waals surface area contributed by atoms with Gasteiger partial charge in [0.1, 0.15) is 6.04 Å². The van der Waals surface area contributed by atoms with Gasteiger partial charge >= 0.3 is 6.03 Å². The molecule has 0 saturated heterocycles. The van der Waals surface area contributed by atoms with E-state index in [1.807, 2.05) is 45.5 Å². The molecule has 2 amide bonds. The summed E-state index contributed by atoms with van der Waals surface area (Å²) in [5.41, 5.74) is 1.00. The van der Waals surface area contributed by atoms with Crippen LogP contribution in [-0.2, 0) is 13.1 Å². The maximum absolute atomic E-state index is 12.5. The zero-order valence-electron chi connectivity index (χ0n) is 15.0. The molecule has 1 N–H and O–H groups in total. The summed E-state index contributed by atoms with van der Waals surface area (Å²) >= 11 is 0. The zero-order valence-corrected chi connectivity index (χ0v) is 15.0. The molecule has 2 aromatic heterocycles. The predicted molar refractivity (Wildman–Crippen MR) is 89.3 cm³/mol. The second kappa shape index (κ2) is 7.94. The number of hydrogen-bond acceptors (Lipinski definition) is 5. The number of nitrogens with zero attached hydrogens (tertiary/aromatic N) is 5. The Hall–Kier alpha value is -2.38. The van der Waals surface area contributed by atoms with Crippen molar-refractivity contribution in [1.29, 1.82) is 0 Å². The molecule has 0 bridgehead atoms. The molecule has 0 fully saturated rings. The highest BCUT2D eigenvalue weighted by Gasteiger charge is 2.20. The van der Waals surface area contributed by atoms with Crippen LogP contribution >= 0.6 is 0 Å². The molecule has 132 valence electrons. The SMILES string of the molecule is CCN(Cc1cnn(CC)c1)C(=O)N[C@@H](C)c1nc(C(C)C)no1. The van der Waals surface area contributed by atoms with Gasteiger partial charge in [0.05, 0.1) is 12.7 Å². The second-order valence-corrected chi connectivity index (χ2v) is 6.04. The van der Waals surface area contributed by atoms with Crippen molar-refractivity contribution >= 4 is 6.03 Å². The Balaban J connectivity index is 1.97. The summed E-state index contributed by atoms with van der Waals surface area (Å²) in [7, 11) is 0. The van der Waals surface area contributed by atoms with Crippen LogP contribution in [0.4, 0.5) is 4.79 Å². The Kier molecular flexibility index (Phi) is 5.94. The molecule has 8 heteroatoms. The first-order valence-corrected chi connectivity index (χ1v) is 8.34.